The molecule has 1 amide bonds. The summed E-state index contributed by atoms with van der Waals surface area (Å²) in [6.07, 6.45) is 1.37. The number of nitrogens with one attached hydrogen (secondary N) is 2. The molecule has 0 fully saturated rings. The standard InChI is InChI=1S/C18H17N3O2/c1-12-5-3-8-17(13(12)2)20-11-14(10-19)18(23)21-15-6-4-7-16(22)9-15/h3-9,11,20,22H,1-2H3,(H,21,23)/b14-11-. The van der Waals surface area contributed by atoms with Gasteiger partial charge in [0.25, 0.3) is 5.91 Å². The topological polar surface area (TPSA) is 85.2 Å². The van der Waals surface area contributed by atoms with E-state index >= 15 is 0 Å². The van der Waals surface area contributed by atoms with E-state index in [-0.39, 0.29) is 11.3 Å². The van der Waals surface area contributed by atoms with E-state index in [9.17, 15) is 9.90 Å². The Morgan fingerprint density at radius 1 is 1.22 bits per heavy atom. The number of hydrogen-bond donors (Lipinski definition) is 3. The Morgan fingerprint density at radius 3 is 2.65 bits per heavy atom. The molecule has 0 aliphatic rings. The predicted molar refractivity (Wildman–Crippen MR) is 90.0 cm³/mol. The summed E-state index contributed by atoms with van der Waals surface area (Å²) >= 11 is 0. The number of amides is 1. The molecule has 0 aliphatic carbocycles. The van der Waals surface area contributed by atoms with Crippen molar-refractivity contribution in [1.29, 1.82) is 5.26 Å². The van der Waals surface area contributed by atoms with Crippen LogP contribution < -0.4 is 10.6 Å². The number of anilines is 2. The second kappa shape index (κ2) is 7.14. The molecular formula is C18H17N3O2. The lowest BCUT2D eigenvalue weighted by molar-refractivity contribution is -0.112. The van der Waals surface area contributed by atoms with Crippen molar-refractivity contribution in [2.75, 3.05) is 10.6 Å². The minimum atomic E-state index is -0.545. The van der Waals surface area contributed by atoms with Crippen molar-refractivity contribution in [3.63, 3.8) is 0 Å². The van der Waals surface area contributed by atoms with Crippen LogP contribution in [0.5, 0.6) is 5.75 Å². The maximum absolute atomic E-state index is 12.1. The summed E-state index contributed by atoms with van der Waals surface area (Å²) in [5.41, 5.74) is 3.36. The van der Waals surface area contributed by atoms with E-state index in [1.54, 1.807) is 12.1 Å². The lowest BCUT2D eigenvalue weighted by Gasteiger charge is -2.09. The molecule has 5 heteroatoms. The first-order chi connectivity index (χ1) is 11.0. The van der Waals surface area contributed by atoms with Crippen molar-refractivity contribution < 1.29 is 9.90 Å². The first-order valence-electron chi connectivity index (χ1n) is 7.04. The summed E-state index contributed by atoms with van der Waals surface area (Å²) in [6, 6.07) is 13.8. The number of carbonyl (C=O) groups excluding carboxylic acids is 1. The van der Waals surface area contributed by atoms with Gasteiger partial charge in [0.15, 0.2) is 0 Å². The number of nitrogens with zero attached hydrogens (tertiary/aromatic N) is 1. The SMILES string of the molecule is Cc1cccc(N/C=C(/C#N)C(=O)Nc2cccc(O)c2)c1C. The van der Waals surface area contributed by atoms with E-state index < -0.39 is 5.91 Å². The Labute approximate surface area is 134 Å². The summed E-state index contributed by atoms with van der Waals surface area (Å²) in [6.45, 7) is 3.95. The van der Waals surface area contributed by atoms with E-state index in [2.05, 4.69) is 10.6 Å². The van der Waals surface area contributed by atoms with Crippen LogP contribution in [0, 0.1) is 25.2 Å². The molecule has 0 bridgehead atoms. The van der Waals surface area contributed by atoms with Crippen LogP contribution in [0.1, 0.15) is 11.1 Å². The van der Waals surface area contributed by atoms with Gasteiger partial charge in [0.05, 0.1) is 0 Å². The molecule has 5 nitrogen and oxygen atoms in total. The fraction of sp³-hybridized carbons (Fsp3) is 0.111. The molecule has 2 rings (SSSR count). The zero-order chi connectivity index (χ0) is 16.8. The molecular weight excluding hydrogens is 290 g/mol. The molecule has 0 aliphatic heterocycles. The number of nitriles is 1. The Morgan fingerprint density at radius 2 is 1.96 bits per heavy atom. The number of phenolic OH excluding ortho intramolecular Hbond substituents is 1. The van der Waals surface area contributed by atoms with E-state index in [0.717, 1.165) is 16.8 Å². The second-order valence-electron chi connectivity index (χ2n) is 5.07. The molecule has 2 aromatic rings. The monoisotopic (exact) mass is 307 g/mol. The van der Waals surface area contributed by atoms with Gasteiger partial charge in [-0.05, 0) is 43.2 Å². The van der Waals surface area contributed by atoms with Gasteiger partial charge >= 0.3 is 0 Å². The first-order valence-corrected chi connectivity index (χ1v) is 7.04. The minimum absolute atomic E-state index is 0.0406. The van der Waals surface area contributed by atoms with Crippen molar-refractivity contribution in [3.05, 3.63) is 65.4 Å². The molecule has 0 radical (unpaired) electrons. The van der Waals surface area contributed by atoms with Crippen LogP contribution >= 0.6 is 0 Å². The van der Waals surface area contributed by atoms with Gasteiger partial charge in [-0.25, -0.2) is 0 Å². The summed E-state index contributed by atoms with van der Waals surface area (Å²) in [5, 5.41) is 24.1. The smallest absolute Gasteiger partial charge is 0.267 e. The zero-order valence-electron chi connectivity index (χ0n) is 12.9. The number of hydrogen-bond acceptors (Lipinski definition) is 4. The van der Waals surface area contributed by atoms with Crippen LogP contribution in [0.25, 0.3) is 0 Å². The van der Waals surface area contributed by atoms with Gasteiger partial charge in [-0.1, -0.05) is 18.2 Å². The molecule has 0 aromatic heterocycles. The van der Waals surface area contributed by atoms with Crippen molar-refractivity contribution in [2.45, 2.75) is 13.8 Å². The molecule has 116 valence electrons. The Hall–Kier alpha value is -3.26. The van der Waals surface area contributed by atoms with Crippen molar-refractivity contribution in [3.8, 4) is 11.8 Å². The van der Waals surface area contributed by atoms with Crippen LogP contribution in [0.3, 0.4) is 0 Å². The van der Waals surface area contributed by atoms with E-state index in [4.69, 9.17) is 5.26 Å². The van der Waals surface area contributed by atoms with E-state index in [0.29, 0.717) is 5.69 Å². The number of phenols is 1. The maximum Gasteiger partial charge on any atom is 0.267 e. The lowest BCUT2D eigenvalue weighted by atomic mass is 10.1. The minimum Gasteiger partial charge on any atom is -0.508 e. The van der Waals surface area contributed by atoms with Gasteiger partial charge in [-0.3, -0.25) is 4.79 Å². The highest BCUT2D eigenvalue weighted by Gasteiger charge is 2.10. The van der Waals surface area contributed by atoms with Crippen molar-refractivity contribution >= 4 is 17.3 Å². The summed E-state index contributed by atoms with van der Waals surface area (Å²) in [4.78, 5) is 12.1. The maximum atomic E-state index is 12.1. The predicted octanol–water partition coefficient (Wildman–Crippen LogP) is 3.47. The van der Waals surface area contributed by atoms with Crippen molar-refractivity contribution in [2.24, 2.45) is 0 Å². The molecule has 2 aromatic carbocycles. The highest BCUT2D eigenvalue weighted by atomic mass is 16.3. The average Bonchev–Trinajstić information content (AvgIpc) is 2.52. The molecule has 0 spiro atoms. The summed E-state index contributed by atoms with van der Waals surface area (Å²) in [5.74, 6) is -0.505. The highest BCUT2D eigenvalue weighted by Crippen LogP contribution is 2.19. The highest BCUT2D eigenvalue weighted by molar-refractivity contribution is 6.06. The number of rotatable bonds is 4. The number of aromatic hydroxyl groups is 1. The Bertz CT molecular complexity index is 804. The molecule has 0 saturated heterocycles. The third-order valence-electron chi connectivity index (χ3n) is 3.45. The second-order valence-corrected chi connectivity index (χ2v) is 5.07. The molecule has 0 heterocycles. The normalized spacial score (nSPS) is 10.7. The van der Waals surface area contributed by atoms with Gasteiger partial charge in [-0.2, -0.15) is 5.26 Å². The molecule has 3 N–H and O–H groups in total. The molecule has 23 heavy (non-hydrogen) atoms. The molecule has 0 saturated carbocycles. The van der Waals surface area contributed by atoms with Crippen LogP contribution in [0.15, 0.2) is 54.2 Å². The summed E-state index contributed by atoms with van der Waals surface area (Å²) in [7, 11) is 0. The number of aryl methyl sites for hydroxylation is 1. The number of carbonyl (C=O) groups is 1. The third kappa shape index (κ3) is 4.11. The van der Waals surface area contributed by atoms with Gasteiger partial charge in [0.1, 0.15) is 17.4 Å². The molecule has 0 atom stereocenters. The van der Waals surface area contributed by atoms with Crippen LogP contribution in [-0.2, 0) is 4.79 Å². The van der Waals surface area contributed by atoms with E-state index in [1.807, 2.05) is 38.1 Å². The molecule has 0 unspecified atom stereocenters. The lowest BCUT2D eigenvalue weighted by Crippen LogP contribution is -2.14. The average molecular weight is 307 g/mol. The quantitative estimate of drug-likeness (QED) is 0.596. The van der Waals surface area contributed by atoms with Gasteiger partial charge in [0, 0.05) is 23.6 Å². The van der Waals surface area contributed by atoms with Crippen LogP contribution in [-0.4, -0.2) is 11.0 Å². The summed E-state index contributed by atoms with van der Waals surface area (Å²) < 4.78 is 0. The van der Waals surface area contributed by atoms with Crippen molar-refractivity contribution in [1.82, 2.24) is 0 Å². The van der Waals surface area contributed by atoms with Crippen LogP contribution in [0.4, 0.5) is 11.4 Å². The fourth-order valence-corrected chi connectivity index (χ4v) is 1.99. The largest absolute Gasteiger partial charge is 0.508 e. The first kappa shape index (κ1) is 16.1. The van der Waals surface area contributed by atoms with Crippen LogP contribution in [0.2, 0.25) is 0 Å². The Balaban J connectivity index is 2.14. The number of benzene rings is 2. The van der Waals surface area contributed by atoms with Gasteiger partial charge in [0.2, 0.25) is 0 Å². The van der Waals surface area contributed by atoms with E-state index in [1.165, 1.54) is 18.3 Å². The zero-order valence-corrected chi connectivity index (χ0v) is 12.9. The fourth-order valence-electron chi connectivity index (χ4n) is 1.99. The Kier molecular flexibility index (Phi) is 5.00. The van der Waals surface area contributed by atoms with Gasteiger partial charge < -0.3 is 15.7 Å². The third-order valence-corrected chi connectivity index (χ3v) is 3.45. The van der Waals surface area contributed by atoms with Gasteiger partial charge in [-0.15, -0.1) is 0 Å².